The van der Waals surface area contributed by atoms with E-state index in [9.17, 15) is 0 Å². The summed E-state index contributed by atoms with van der Waals surface area (Å²) in [6, 6.07) is 52.7. The van der Waals surface area contributed by atoms with Gasteiger partial charge in [-0.1, -0.05) is 84.9 Å². The van der Waals surface area contributed by atoms with Gasteiger partial charge >= 0.3 is 0 Å². The van der Waals surface area contributed by atoms with E-state index in [0.29, 0.717) is 0 Å². The smallest absolute Gasteiger partial charge is 0.0972 e. The van der Waals surface area contributed by atoms with Crippen molar-refractivity contribution in [1.82, 2.24) is 29.9 Å². The molecule has 54 heavy (non-hydrogen) atoms. The van der Waals surface area contributed by atoms with Gasteiger partial charge in [0.1, 0.15) is 0 Å². The second-order valence-corrected chi connectivity index (χ2v) is 13.6. The molecule has 0 fully saturated rings. The lowest BCUT2D eigenvalue weighted by molar-refractivity contribution is 1.31. The van der Waals surface area contributed by atoms with Crippen LogP contribution in [0.5, 0.6) is 0 Å². The molecule has 6 aromatic heterocycles. The van der Waals surface area contributed by atoms with Gasteiger partial charge in [-0.3, -0.25) is 15.0 Å². The molecule has 0 amide bonds. The van der Waals surface area contributed by atoms with Crippen LogP contribution in [-0.2, 0) is 0 Å². The fraction of sp³-hybridized carbons (Fsp3) is 0. The summed E-state index contributed by atoms with van der Waals surface area (Å²) in [5.74, 6) is 0. The van der Waals surface area contributed by atoms with Gasteiger partial charge in [-0.05, 0) is 89.0 Å². The van der Waals surface area contributed by atoms with Crippen LogP contribution in [0, 0.1) is 0 Å². The summed E-state index contributed by atoms with van der Waals surface area (Å²) < 4.78 is 0. The fourth-order valence-electron chi connectivity index (χ4n) is 7.62. The second-order valence-electron chi connectivity index (χ2n) is 13.6. The normalized spacial score (nSPS) is 11.7. The van der Waals surface area contributed by atoms with Gasteiger partial charge in [0.25, 0.3) is 0 Å². The molecule has 0 aliphatic heterocycles. The van der Waals surface area contributed by atoms with E-state index in [4.69, 9.17) is 15.0 Å². The predicted octanol–water partition coefficient (Wildman–Crippen LogP) is 11.6. The van der Waals surface area contributed by atoms with Crippen LogP contribution in [-0.4, -0.2) is 29.9 Å². The second kappa shape index (κ2) is 12.1. The van der Waals surface area contributed by atoms with Gasteiger partial charge in [0.05, 0.1) is 50.2 Å². The van der Waals surface area contributed by atoms with Crippen molar-refractivity contribution in [2.45, 2.75) is 0 Å². The summed E-state index contributed by atoms with van der Waals surface area (Å²) in [5, 5.41) is 6.48. The number of aromatic nitrogens is 6. The van der Waals surface area contributed by atoms with Crippen molar-refractivity contribution in [3.63, 3.8) is 0 Å². The first kappa shape index (κ1) is 30.2. The summed E-state index contributed by atoms with van der Waals surface area (Å²) in [7, 11) is 0. The van der Waals surface area contributed by atoms with Gasteiger partial charge in [-0.15, -0.1) is 0 Å². The largest absolute Gasteiger partial charge is 0.254 e. The third kappa shape index (κ3) is 5.04. The molecule has 250 valence electrons. The Morgan fingerprint density at radius 3 is 1.52 bits per heavy atom. The van der Waals surface area contributed by atoms with Crippen molar-refractivity contribution >= 4 is 65.4 Å². The minimum Gasteiger partial charge on any atom is -0.254 e. The highest BCUT2D eigenvalue weighted by Crippen LogP contribution is 2.35. The van der Waals surface area contributed by atoms with Crippen molar-refractivity contribution in [3.8, 4) is 44.9 Å². The van der Waals surface area contributed by atoms with Crippen molar-refractivity contribution in [1.29, 1.82) is 0 Å². The number of benzene rings is 5. The number of hydrogen-bond acceptors (Lipinski definition) is 6. The quantitative estimate of drug-likeness (QED) is 0.171. The maximum atomic E-state index is 5.06. The monoisotopic (exact) mass is 688 g/mol. The first-order valence-electron chi connectivity index (χ1n) is 17.9. The highest BCUT2D eigenvalue weighted by Gasteiger charge is 2.12. The molecule has 11 aromatic rings. The zero-order valence-corrected chi connectivity index (χ0v) is 28.8. The molecule has 0 atom stereocenters. The summed E-state index contributed by atoms with van der Waals surface area (Å²) in [6.07, 6.45) is 5.47. The van der Waals surface area contributed by atoms with Crippen LogP contribution in [0.1, 0.15) is 0 Å². The third-order valence-electron chi connectivity index (χ3n) is 10.4. The Bertz CT molecular complexity index is 3280. The van der Waals surface area contributed by atoms with E-state index in [-0.39, 0.29) is 0 Å². The maximum Gasteiger partial charge on any atom is 0.0972 e. The van der Waals surface area contributed by atoms with Gasteiger partial charge < -0.3 is 0 Å². The number of fused-ring (bicyclic) bond motifs is 8. The Labute approximate surface area is 309 Å². The van der Waals surface area contributed by atoms with Crippen LogP contribution < -0.4 is 0 Å². The number of nitrogens with zero attached hydrogens (tertiary/aromatic N) is 6. The van der Waals surface area contributed by atoms with Gasteiger partial charge in [0, 0.05) is 56.5 Å². The van der Waals surface area contributed by atoms with E-state index >= 15 is 0 Å². The summed E-state index contributed by atoms with van der Waals surface area (Å²) in [4.78, 5) is 29.0. The Balaban J connectivity index is 0.879. The van der Waals surface area contributed by atoms with Crippen molar-refractivity contribution in [2.75, 3.05) is 0 Å². The molecule has 6 heterocycles. The molecule has 0 radical (unpaired) electrons. The molecule has 0 spiro atoms. The fourth-order valence-corrected chi connectivity index (χ4v) is 7.62. The van der Waals surface area contributed by atoms with Crippen molar-refractivity contribution in [2.24, 2.45) is 0 Å². The average Bonchev–Trinajstić information content (AvgIpc) is 3.25. The van der Waals surface area contributed by atoms with Crippen molar-refractivity contribution < 1.29 is 0 Å². The molecule has 0 bridgehead atoms. The lowest BCUT2D eigenvalue weighted by Gasteiger charge is -2.11. The van der Waals surface area contributed by atoms with Crippen LogP contribution in [0.25, 0.3) is 110 Å². The van der Waals surface area contributed by atoms with Crippen LogP contribution in [0.4, 0.5) is 0 Å². The number of pyridine rings is 6. The minimum absolute atomic E-state index is 0.831. The van der Waals surface area contributed by atoms with Crippen LogP contribution >= 0.6 is 0 Å². The highest BCUT2D eigenvalue weighted by molar-refractivity contribution is 6.10. The number of rotatable bonds is 4. The summed E-state index contributed by atoms with van der Waals surface area (Å²) in [5.41, 5.74) is 13.7. The molecule has 0 aliphatic carbocycles. The minimum atomic E-state index is 0.831. The molecular weight excluding hydrogens is 661 g/mol. The Kier molecular flexibility index (Phi) is 6.75. The van der Waals surface area contributed by atoms with Gasteiger partial charge in [-0.2, -0.15) is 0 Å². The predicted molar refractivity (Wildman–Crippen MR) is 220 cm³/mol. The molecule has 6 nitrogen and oxygen atoms in total. The first-order valence-corrected chi connectivity index (χ1v) is 17.9. The average molecular weight is 689 g/mol. The van der Waals surface area contributed by atoms with E-state index in [1.165, 1.54) is 0 Å². The van der Waals surface area contributed by atoms with Gasteiger partial charge in [-0.25, -0.2) is 15.0 Å². The summed E-state index contributed by atoms with van der Waals surface area (Å²) >= 11 is 0. The Morgan fingerprint density at radius 2 is 0.796 bits per heavy atom. The molecule has 11 rings (SSSR count). The summed E-state index contributed by atoms with van der Waals surface area (Å²) in [6.45, 7) is 0. The zero-order valence-electron chi connectivity index (χ0n) is 28.8. The van der Waals surface area contributed by atoms with E-state index in [0.717, 1.165) is 110 Å². The molecule has 0 saturated heterocycles. The van der Waals surface area contributed by atoms with E-state index in [2.05, 4.69) is 142 Å². The third-order valence-corrected chi connectivity index (χ3v) is 10.4. The lowest BCUT2D eigenvalue weighted by atomic mass is 9.96. The van der Waals surface area contributed by atoms with E-state index < -0.39 is 0 Å². The van der Waals surface area contributed by atoms with Crippen LogP contribution in [0.3, 0.4) is 0 Å². The molecule has 5 aromatic carbocycles. The molecule has 0 saturated carbocycles. The SMILES string of the molecule is c1cnc2c(c1)ccc1ccc(-c3ccc4cc(-c5ccc6nc(-c7ccc(-c8cc9cccnc9c9ncccc89)cc7)ccc6c5)ccc4n3)nc12. The van der Waals surface area contributed by atoms with Gasteiger partial charge in [0.2, 0.25) is 0 Å². The van der Waals surface area contributed by atoms with Crippen LogP contribution in [0.15, 0.2) is 170 Å². The Morgan fingerprint density at radius 1 is 0.296 bits per heavy atom. The zero-order chi connectivity index (χ0) is 35.6. The number of hydrogen-bond donors (Lipinski definition) is 0. The topological polar surface area (TPSA) is 77.3 Å². The molecule has 0 N–H and O–H groups in total. The molecule has 6 heteroatoms. The molecule has 0 unspecified atom stereocenters. The maximum absolute atomic E-state index is 5.06. The van der Waals surface area contributed by atoms with E-state index in [1.54, 1.807) is 0 Å². The Hall–Kier alpha value is -7.44. The van der Waals surface area contributed by atoms with Crippen LogP contribution in [0.2, 0.25) is 0 Å². The lowest BCUT2D eigenvalue weighted by Crippen LogP contribution is -1.91. The molecule has 0 aliphatic rings. The standard InChI is InChI=1S/C48H28N6/c1-4-31-11-12-32-13-21-44(54-47(32)45(31)49-23-1)43-22-17-36-27-34(15-19-42(36)53-43)33-14-18-41-35(26-33)16-20-40(52-41)30-9-7-29(8-10-30)39-28-37-5-2-24-50-46(37)48-38(39)6-3-25-51-48/h1-28H. The highest BCUT2D eigenvalue weighted by atomic mass is 14.8. The van der Waals surface area contributed by atoms with Crippen molar-refractivity contribution in [3.05, 3.63) is 170 Å². The first-order chi connectivity index (χ1) is 26.7. The molecular formula is C48H28N6. The van der Waals surface area contributed by atoms with E-state index in [1.807, 2.05) is 42.9 Å². The van der Waals surface area contributed by atoms with Gasteiger partial charge in [0.15, 0.2) is 0 Å².